The zero-order chi connectivity index (χ0) is 23.1. The highest BCUT2D eigenvalue weighted by molar-refractivity contribution is 9.10. The summed E-state index contributed by atoms with van der Waals surface area (Å²) >= 11 is 4.75. The predicted molar refractivity (Wildman–Crippen MR) is 127 cm³/mol. The minimum Gasteiger partial charge on any atom is -0.463 e. The second-order valence-corrected chi connectivity index (χ2v) is 9.39. The van der Waals surface area contributed by atoms with Gasteiger partial charge in [-0.05, 0) is 55.3 Å². The number of nitrogens with zero attached hydrogens (tertiary/aromatic N) is 2. The smallest absolute Gasteiger partial charge is 0.338 e. The van der Waals surface area contributed by atoms with Gasteiger partial charge in [-0.3, -0.25) is 9.36 Å². The maximum atomic E-state index is 13.6. The SMILES string of the molecule is CCOC(=O)C1=C(C)N=c2s/c(=C\c3cccc(Br)c3)c(=O)n2[C@@H]1c1ccc2c(c1)OCO2. The maximum absolute atomic E-state index is 13.6. The number of ether oxygens (including phenoxy) is 3. The molecule has 1 atom stereocenters. The van der Waals surface area contributed by atoms with Crippen molar-refractivity contribution in [3.8, 4) is 11.5 Å². The Morgan fingerprint density at radius 3 is 2.88 bits per heavy atom. The van der Waals surface area contributed by atoms with Gasteiger partial charge in [0.2, 0.25) is 6.79 Å². The molecule has 0 spiro atoms. The van der Waals surface area contributed by atoms with Crippen molar-refractivity contribution in [2.75, 3.05) is 13.4 Å². The quantitative estimate of drug-likeness (QED) is 0.487. The van der Waals surface area contributed by atoms with Gasteiger partial charge in [-0.2, -0.15) is 0 Å². The van der Waals surface area contributed by atoms with Crippen molar-refractivity contribution >= 4 is 39.3 Å². The molecular formula is C24H19BrN2O5S. The fourth-order valence-corrected chi connectivity index (χ4v) is 5.40. The molecule has 0 saturated heterocycles. The fourth-order valence-electron chi connectivity index (χ4n) is 3.94. The lowest BCUT2D eigenvalue weighted by molar-refractivity contribution is -0.139. The van der Waals surface area contributed by atoms with Crippen LogP contribution in [0.25, 0.3) is 6.08 Å². The Morgan fingerprint density at radius 2 is 2.09 bits per heavy atom. The van der Waals surface area contributed by atoms with E-state index < -0.39 is 12.0 Å². The summed E-state index contributed by atoms with van der Waals surface area (Å²) in [5.74, 6) is 0.698. The lowest BCUT2D eigenvalue weighted by atomic mass is 9.95. The van der Waals surface area contributed by atoms with Crippen molar-refractivity contribution in [2.45, 2.75) is 19.9 Å². The number of hydrogen-bond acceptors (Lipinski definition) is 7. The molecule has 2 aromatic carbocycles. The van der Waals surface area contributed by atoms with Gasteiger partial charge in [-0.1, -0.05) is 45.5 Å². The Balaban J connectivity index is 1.73. The second kappa shape index (κ2) is 8.64. The van der Waals surface area contributed by atoms with Crippen LogP contribution < -0.4 is 24.4 Å². The summed E-state index contributed by atoms with van der Waals surface area (Å²) in [4.78, 5) is 31.7. The van der Waals surface area contributed by atoms with Crippen molar-refractivity contribution in [1.29, 1.82) is 0 Å². The predicted octanol–water partition coefficient (Wildman–Crippen LogP) is 3.29. The summed E-state index contributed by atoms with van der Waals surface area (Å²) in [6, 6.07) is 12.4. The number of hydrogen-bond donors (Lipinski definition) is 0. The van der Waals surface area contributed by atoms with Crippen LogP contribution in [0, 0.1) is 0 Å². The second-order valence-electron chi connectivity index (χ2n) is 7.47. The number of aromatic nitrogens is 1. The molecule has 0 bridgehead atoms. The van der Waals surface area contributed by atoms with E-state index in [4.69, 9.17) is 14.2 Å². The molecule has 3 heterocycles. The first kappa shape index (κ1) is 21.7. The van der Waals surface area contributed by atoms with Gasteiger partial charge in [0.25, 0.3) is 5.56 Å². The molecule has 0 amide bonds. The highest BCUT2D eigenvalue weighted by Crippen LogP contribution is 2.38. The minimum atomic E-state index is -0.695. The van der Waals surface area contributed by atoms with E-state index in [1.165, 1.54) is 11.3 Å². The number of thiazole rings is 1. The van der Waals surface area contributed by atoms with Crippen LogP contribution in [0.2, 0.25) is 0 Å². The number of rotatable bonds is 4. The Kier molecular flexibility index (Phi) is 5.67. The summed E-state index contributed by atoms with van der Waals surface area (Å²) in [5, 5.41) is 0. The van der Waals surface area contributed by atoms with Crippen LogP contribution in [0.3, 0.4) is 0 Å². The topological polar surface area (TPSA) is 79.1 Å². The monoisotopic (exact) mass is 526 g/mol. The number of carbonyl (C=O) groups is 1. The van der Waals surface area contributed by atoms with E-state index in [0.717, 1.165) is 10.0 Å². The van der Waals surface area contributed by atoms with Crippen LogP contribution >= 0.6 is 27.3 Å². The van der Waals surface area contributed by atoms with Crippen molar-refractivity contribution in [3.05, 3.63) is 89.0 Å². The van der Waals surface area contributed by atoms with Gasteiger partial charge in [-0.15, -0.1) is 0 Å². The standard InChI is InChI=1S/C24H19BrN2O5S/c1-3-30-23(29)20-13(2)26-24-27(21(20)15-7-8-17-18(11-15)32-12-31-17)22(28)19(33-24)10-14-5-4-6-16(25)9-14/h4-11,21H,3,12H2,1-2H3/b19-10-/t21-/m1/s1. The van der Waals surface area contributed by atoms with E-state index in [9.17, 15) is 9.59 Å². The summed E-state index contributed by atoms with van der Waals surface area (Å²) in [7, 11) is 0. The summed E-state index contributed by atoms with van der Waals surface area (Å²) in [6.07, 6.45) is 1.83. The van der Waals surface area contributed by atoms with Gasteiger partial charge in [0.15, 0.2) is 16.3 Å². The first-order chi connectivity index (χ1) is 16.0. The third-order valence-electron chi connectivity index (χ3n) is 5.38. The largest absolute Gasteiger partial charge is 0.463 e. The average molecular weight is 527 g/mol. The number of allylic oxidation sites excluding steroid dienone is 1. The third-order valence-corrected chi connectivity index (χ3v) is 6.85. The molecule has 0 N–H and O–H groups in total. The molecule has 0 radical (unpaired) electrons. The number of benzene rings is 2. The number of fused-ring (bicyclic) bond motifs is 2. The zero-order valence-corrected chi connectivity index (χ0v) is 20.2. The Hall–Kier alpha value is -3.17. The van der Waals surface area contributed by atoms with Crippen LogP contribution in [0.4, 0.5) is 0 Å². The molecular weight excluding hydrogens is 508 g/mol. The van der Waals surface area contributed by atoms with Gasteiger partial charge >= 0.3 is 5.97 Å². The van der Waals surface area contributed by atoms with Gasteiger partial charge in [-0.25, -0.2) is 9.79 Å². The molecule has 0 aliphatic carbocycles. The van der Waals surface area contributed by atoms with E-state index in [2.05, 4.69) is 20.9 Å². The molecule has 1 aromatic heterocycles. The molecule has 2 aliphatic heterocycles. The van der Waals surface area contributed by atoms with E-state index >= 15 is 0 Å². The molecule has 33 heavy (non-hydrogen) atoms. The normalized spacial score (nSPS) is 17.1. The summed E-state index contributed by atoms with van der Waals surface area (Å²) in [5.41, 5.74) is 2.22. The van der Waals surface area contributed by atoms with Gasteiger partial charge < -0.3 is 14.2 Å². The third kappa shape index (κ3) is 3.91. The number of halogens is 1. The van der Waals surface area contributed by atoms with Crippen molar-refractivity contribution < 1.29 is 19.0 Å². The van der Waals surface area contributed by atoms with E-state index in [1.807, 2.05) is 36.4 Å². The first-order valence-corrected chi connectivity index (χ1v) is 11.9. The van der Waals surface area contributed by atoms with Crippen LogP contribution in [-0.2, 0) is 9.53 Å². The van der Waals surface area contributed by atoms with Crippen LogP contribution in [-0.4, -0.2) is 23.9 Å². The molecule has 3 aromatic rings. The van der Waals surface area contributed by atoms with Crippen molar-refractivity contribution in [3.63, 3.8) is 0 Å². The molecule has 0 saturated carbocycles. The molecule has 7 nitrogen and oxygen atoms in total. The maximum Gasteiger partial charge on any atom is 0.338 e. The Bertz CT molecular complexity index is 1490. The van der Waals surface area contributed by atoms with Crippen molar-refractivity contribution in [2.24, 2.45) is 4.99 Å². The van der Waals surface area contributed by atoms with E-state index in [0.29, 0.717) is 37.7 Å². The van der Waals surface area contributed by atoms with Crippen LogP contribution in [0.1, 0.15) is 31.0 Å². The summed E-state index contributed by atoms with van der Waals surface area (Å²) < 4.78 is 19.3. The van der Waals surface area contributed by atoms with Crippen LogP contribution in [0.15, 0.2) is 68.0 Å². The number of esters is 1. The summed E-state index contributed by atoms with van der Waals surface area (Å²) in [6.45, 7) is 3.86. The number of carbonyl (C=O) groups excluding carboxylic acids is 1. The molecule has 0 unspecified atom stereocenters. The van der Waals surface area contributed by atoms with Gasteiger partial charge in [0, 0.05) is 4.47 Å². The molecule has 5 rings (SSSR count). The minimum absolute atomic E-state index is 0.133. The van der Waals surface area contributed by atoms with E-state index in [1.54, 1.807) is 30.5 Å². The van der Waals surface area contributed by atoms with Gasteiger partial charge in [0.05, 0.1) is 28.5 Å². The fraction of sp³-hybridized carbons (Fsp3) is 0.208. The lowest BCUT2D eigenvalue weighted by Gasteiger charge is -2.24. The molecule has 168 valence electrons. The highest BCUT2D eigenvalue weighted by atomic mass is 79.9. The average Bonchev–Trinajstić information content (AvgIpc) is 3.37. The Morgan fingerprint density at radius 1 is 1.27 bits per heavy atom. The lowest BCUT2D eigenvalue weighted by Crippen LogP contribution is -2.39. The van der Waals surface area contributed by atoms with Crippen LogP contribution in [0.5, 0.6) is 11.5 Å². The van der Waals surface area contributed by atoms with Gasteiger partial charge in [0.1, 0.15) is 0 Å². The first-order valence-electron chi connectivity index (χ1n) is 10.3. The Labute approximate surface area is 201 Å². The van der Waals surface area contributed by atoms with Crippen molar-refractivity contribution in [1.82, 2.24) is 4.57 Å². The highest BCUT2D eigenvalue weighted by Gasteiger charge is 2.34. The zero-order valence-electron chi connectivity index (χ0n) is 17.8. The van der Waals surface area contributed by atoms with E-state index in [-0.39, 0.29) is 19.0 Å². The molecule has 0 fully saturated rings. The molecule has 2 aliphatic rings. The molecule has 9 heteroatoms.